The van der Waals surface area contributed by atoms with Gasteiger partial charge in [-0.2, -0.15) is 0 Å². The lowest BCUT2D eigenvalue weighted by molar-refractivity contribution is 0.485. The molecule has 0 spiro atoms. The van der Waals surface area contributed by atoms with E-state index in [-0.39, 0.29) is 6.04 Å². The molecule has 0 fully saturated rings. The summed E-state index contributed by atoms with van der Waals surface area (Å²) in [6.07, 6.45) is 1.72. The Morgan fingerprint density at radius 3 is 2.79 bits per heavy atom. The molecule has 120 valence electrons. The van der Waals surface area contributed by atoms with E-state index in [0.717, 1.165) is 17.0 Å². The van der Waals surface area contributed by atoms with E-state index in [4.69, 9.17) is 8.83 Å². The summed E-state index contributed by atoms with van der Waals surface area (Å²) < 4.78 is 10.8. The molecule has 2 aromatic carbocycles. The minimum atomic E-state index is -0.463. The molecule has 0 aliphatic heterocycles. The summed E-state index contributed by atoms with van der Waals surface area (Å²) in [5.74, 6) is 0.860. The van der Waals surface area contributed by atoms with Crippen molar-refractivity contribution in [2.45, 2.75) is 13.0 Å². The first kappa shape index (κ1) is 14.3. The number of anilines is 1. The zero-order valence-electron chi connectivity index (χ0n) is 12.9. The van der Waals surface area contributed by atoms with E-state index in [1.165, 1.54) is 0 Å². The highest BCUT2D eigenvalue weighted by molar-refractivity contribution is 5.76. The zero-order chi connectivity index (χ0) is 16.5. The van der Waals surface area contributed by atoms with Crippen LogP contribution < -0.4 is 11.1 Å². The average molecular weight is 321 g/mol. The molecule has 0 saturated heterocycles. The fraction of sp³-hybridized carbons (Fsp3) is 0.111. The number of fused-ring (bicyclic) bond motifs is 1. The minimum absolute atomic E-state index is 0.126. The Balaban J connectivity index is 1.56. The van der Waals surface area contributed by atoms with Crippen LogP contribution in [0.15, 0.2) is 68.4 Å². The van der Waals surface area contributed by atoms with E-state index in [0.29, 0.717) is 17.0 Å². The molecular formula is C18H15N3O3. The molecule has 6 nitrogen and oxygen atoms in total. The minimum Gasteiger partial charge on any atom is -0.438 e. The van der Waals surface area contributed by atoms with Crippen LogP contribution in [0.2, 0.25) is 0 Å². The number of aromatic nitrogens is 2. The van der Waals surface area contributed by atoms with Gasteiger partial charge in [-0.25, -0.2) is 9.78 Å². The van der Waals surface area contributed by atoms with Crippen LogP contribution >= 0.6 is 0 Å². The van der Waals surface area contributed by atoms with Crippen LogP contribution in [-0.4, -0.2) is 9.97 Å². The van der Waals surface area contributed by atoms with E-state index in [1.54, 1.807) is 12.3 Å². The number of H-pyrrole nitrogens is 1. The maximum Gasteiger partial charge on any atom is 0.417 e. The van der Waals surface area contributed by atoms with Gasteiger partial charge in [-0.15, -0.1) is 0 Å². The van der Waals surface area contributed by atoms with Crippen LogP contribution in [0.4, 0.5) is 5.69 Å². The second-order valence-electron chi connectivity index (χ2n) is 5.52. The van der Waals surface area contributed by atoms with Gasteiger partial charge in [0.25, 0.3) is 0 Å². The van der Waals surface area contributed by atoms with Crippen LogP contribution in [-0.2, 0) is 0 Å². The maximum absolute atomic E-state index is 11.2. The van der Waals surface area contributed by atoms with Crippen molar-refractivity contribution < 1.29 is 8.83 Å². The van der Waals surface area contributed by atoms with Crippen LogP contribution in [0.3, 0.4) is 0 Å². The lowest BCUT2D eigenvalue weighted by atomic mass is 10.2. The molecule has 0 saturated carbocycles. The molecule has 2 aromatic heterocycles. The standard InChI is InChI=1S/C18H15N3O3/c1-11(17-19-10-16(23-17)12-5-3-2-4-6-12)20-13-7-8-15-14(9-13)21-18(22)24-15/h2-11,20H,1H3,(H,21,22)/t11-/m0/s1. The van der Waals surface area contributed by atoms with Crippen LogP contribution in [0.1, 0.15) is 18.9 Å². The molecule has 0 bridgehead atoms. The molecule has 2 heterocycles. The number of rotatable bonds is 4. The molecule has 0 aliphatic rings. The Hall–Kier alpha value is -3.28. The van der Waals surface area contributed by atoms with Crippen molar-refractivity contribution in [3.8, 4) is 11.3 Å². The van der Waals surface area contributed by atoms with Crippen molar-refractivity contribution in [2.75, 3.05) is 5.32 Å². The SMILES string of the molecule is C[C@H](Nc1ccc2oc(=O)[nH]c2c1)c1ncc(-c2ccccc2)o1. The third-order valence-electron chi connectivity index (χ3n) is 3.75. The van der Waals surface area contributed by atoms with Gasteiger partial charge in [0.2, 0.25) is 5.89 Å². The third kappa shape index (κ3) is 2.69. The first-order chi connectivity index (χ1) is 11.7. The molecular weight excluding hydrogens is 306 g/mol. The van der Waals surface area contributed by atoms with Gasteiger partial charge in [0.1, 0.15) is 6.04 Å². The molecule has 4 aromatic rings. The van der Waals surface area contributed by atoms with E-state index >= 15 is 0 Å². The summed E-state index contributed by atoms with van der Waals surface area (Å²) in [6, 6.07) is 15.1. The van der Waals surface area contributed by atoms with E-state index < -0.39 is 5.76 Å². The number of benzene rings is 2. The number of oxazole rings is 2. The van der Waals surface area contributed by atoms with Crippen molar-refractivity contribution in [3.05, 3.63) is 71.2 Å². The lowest BCUT2D eigenvalue weighted by Gasteiger charge is -2.11. The number of hydrogen-bond acceptors (Lipinski definition) is 5. The number of hydrogen-bond donors (Lipinski definition) is 2. The highest BCUT2D eigenvalue weighted by atomic mass is 16.4. The normalized spacial score (nSPS) is 12.4. The maximum atomic E-state index is 11.2. The molecule has 1 atom stereocenters. The third-order valence-corrected chi connectivity index (χ3v) is 3.75. The van der Waals surface area contributed by atoms with E-state index in [9.17, 15) is 4.79 Å². The largest absolute Gasteiger partial charge is 0.438 e. The van der Waals surface area contributed by atoms with Crippen molar-refractivity contribution in [1.82, 2.24) is 9.97 Å². The quantitative estimate of drug-likeness (QED) is 0.594. The number of aromatic amines is 1. The van der Waals surface area contributed by atoms with Gasteiger partial charge in [0.15, 0.2) is 11.3 Å². The van der Waals surface area contributed by atoms with Crippen molar-refractivity contribution in [1.29, 1.82) is 0 Å². The second kappa shape index (κ2) is 5.73. The highest BCUT2D eigenvalue weighted by Gasteiger charge is 2.14. The van der Waals surface area contributed by atoms with Crippen LogP contribution in [0, 0.1) is 0 Å². The summed E-state index contributed by atoms with van der Waals surface area (Å²) in [5.41, 5.74) is 3.00. The first-order valence-electron chi connectivity index (χ1n) is 7.59. The Morgan fingerprint density at radius 2 is 1.96 bits per heavy atom. The molecule has 2 N–H and O–H groups in total. The molecule has 0 amide bonds. The fourth-order valence-electron chi connectivity index (χ4n) is 2.58. The van der Waals surface area contributed by atoms with E-state index in [2.05, 4.69) is 15.3 Å². The number of nitrogens with zero attached hydrogens (tertiary/aromatic N) is 1. The van der Waals surface area contributed by atoms with Gasteiger partial charge in [-0.1, -0.05) is 30.3 Å². The van der Waals surface area contributed by atoms with Crippen molar-refractivity contribution in [2.24, 2.45) is 0 Å². The Kier molecular flexibility index (Phi) is 3.42. The van der Waals surface area contributed by atoms with E-state index in [1.807, 2.05) is 49.4 Å². The van der Waals surface area contributed by atoms with Crippen molar-refractivity contribution >= 4 is 16.8 Å². The predicted molar refractivity (Wildman–Crippen MR) is 90.8 cm³/mol. The van der Waals surface area contributed by atoms with Crippen LogP contribution in [0.5, 0.6) is 0 Å². The Morgan fingerprint density at radius 1 is 1.12 bits per heavy atom. The highest BCUT2D eigenvalue weighted by Crippen LogP contribution is 2.25. The van der Waals surface area contributed by atoms with Gasteiger partial charge in [0.05, 0.1) is 11.7 Å². The molecule has 6 heteroatoms. The molecule has 0 unspecified atom stereocenters. The fourth-order valence-corrected chi connectivity index (χ4v) is 2.58. The predicted octanol–water partition coefficient (Wildman–Crippen LogP) is 3.95. The van der Waals surface area contributed by atoms with Gasteiger partial charge >= 0.3 is 5.76 Å². The number of nitrogens with one attached hydrogen (secondary N) is 2. The average Bonchev–Trinajstić information content (AvgIpc) is 3.21. The monoisotopic (exact) mass is 321 g/mol. The van der Waals surface area contributed by atoms with Gasteiger partial charge < -0.3 is 14.2 Å². The zero-order valence-corrected chi connectivity index (χ0v) is 12.9. The van der Waals surface area contributed by atoms with Gasteiger partial charge in [-0.3, -0.25) is 4.98 Å². The summed E-state index contributed by atoms with van der Waals surface area (Å²) in [6.45, 7) is 1.96. The smallest absolute Gasteiger partial charge is 0.417 e. The summed E-state index contributed by atoms with van der Waals surface area (Å²) in [5, 5.41) is 3.30. The van der Waals surface area contributed by atoms with Crippen molar-refractivity contribution in [3.63, 3.8) is 0 Å². The molecule has 24 heavy (non-hydrogen) atoms. The molecule has 0 aliphatic carbocycles. The molecule has 4 rings (SSSR count). The lowest BCUT2D eigenvalue weighted by Crippen LogP contribution is -2.06. The summed E-state index contributed by atoms with van der Waals surface area (Å²) in [7, 11) is 0. The van der Waals surface area contributed by atoms with Gasteiger partial charge in [-0.05, 0) is 25.1 Å². The Bertz CT molecular complexity index is 1030. The Labute approximate surface area is 137 Å². The topological polar surface area (TPSA) is 84.1 Å². The second-order valence-corrected chi connectivity index (χ2v) is 5.52. The van der Waals surface area contributed by atoms with Gasteiger partial charge in [0, 0.05) is 11.3 Å². The van der Waals surface area contributed by atoms with Crippen LogP contribution in [0.25, 0.3) is 22.4 Å². The summed E-state index contributed by atoms with van der Waals surface area (Å²) >= 11 is 0. The first-order valence-corrected chi connectivity index (χ1v) is 7.59. The summed E-state index contributed by atoms with van der Waals surface area (Å²) in [4.78, 5) is 18.2. The molecule has 0 radical (unpaired) electrons.